The molecule has 7 heteroatoms. The number of morpholine rings is 1. The van der Waals surface area contributed by atoms with Gasteiger partial charge in [0.15, 0.2) is 0 Å². The molecule has 2 aliphatic rings. The first-order chi connectivity index (χ1) is 11.6. The maximum Gasteiger partial charge on any atom is 0.279 e. The molecule has 0 aliphatic carbocycles. The molecule has 24 heavy (non-hydrogen) atoms. The maximum atomic E-state index is 12.5. The van der Waals surface area contributed by atoms with Crippen molar-refractivity contribution in [1.29, 1.82) is 0 Å². The van der Waals surface area contributed by atoms with Crippen molar-refractivity contribution < 1.29 is 13.2 Å². The highest BCUT2D eigenvalue weighted by Crippen LogP contribution is 2.22. The molecule has 2 saturated heterocycles. The van der Waals surface area contributed by atoms with Crippen LogP contribution in [0.4, 0.5) is 0 Å². The Balaban J connectivity index is 1.73. The number of hydrogen-bond acceptors (Lipinski definition) is 4. The van der Waals surface area contributed by atoms with Crippen LogP contribution in [0.25, 0.3) is 0 Å². The highest BCUT2D eigenvalue weighted by molar-refractivity contribution is 7.87. The fourth-order valence-electron chi connectivity index (χ4n) is 3.34. The van der Waals surface area contributed by atoms with Crippen molar-refractivity contribution in [3.63, 3.8) is 0 Å². The standard InChI is InChI=1S/C17H27N3O3S/c1-15-4-6-16(7-5-15)17(19-10-12-23-13-11-19)14-18-24(21,22)20-8-2-3-9-20/h4-7,17-18H,2-3,8-14H2,1H3. The molecule has 0 amide bonds. The first-order valence-corrected chi connectivity index (χ1v) is 10.1. The van der Waals surface area contributed by atoms with E-state index in [0.717, 1.165) is 31.5 Å². The van der Waals surface area contributed by atoms with Gasteiger partial charge in [0.05, 0.1) is 13.2 Å². The summed E-state index contributed by atoms with van der Waals surface area (Å²) in [6.07, 6.45) is 1.90. The van der Waals surface area contributed by atoms with Crippen molar-refractivity contribution in [3.8, 4) is 0 Å². The van der Waals surface area contributed by atoms with Gasteiger partial charge in [-0.1, -0.05) is 29.8 Å². The lowest BCUT2D eigenvalue weighted by atomic mass is 10.0. The molecular weight excluding hydrogens is 326 g/mol. The Labute approximate surface area is 145 Å². The van der Waals surface area contributed by atoms with Crippen molar-refractivity contribution in [1.82, 2.24) is 13.9 Å². The first-order valence-electron chi connectivity index (χ1n) is 8.69. The molecular formula is C17H27N3O3S. The van der Waals surface area contributed by atoms with E-state index in [2.05, 4.69) is 40.8 Å². The Kier molecular flexibility index (Phi) is 5.89. The van der Waals surface area contributed by atoms with E-state index in [-0.39, 0.29) is 6.04 Å². The lowest BCUT2D eigenvalue weighted by Gasteiger charge is -2.35. The third-order valence-electron chi connectivity index (χ3n) is 4.81. The molecule has 0 bridgehead atoms. The Morgan fingerprint density at radius 1 is 1.08 bits per heavy atom. The van der Waals surface area contributed by atoms with Gasteiger partial charge in [-0.2, -0.15) is 12.7 Å². The van der Waals surface area contributed by atoms with E-state index in [9.17, 15) is 8.42 Å². The number of nitrogens with zero attached hydrogens (tertiary/aromatic N) is 2. The lowest BCUT2D eigenvalue weighted by molar-refractivity contribution is 0.0171. The van der Waals surface area contributed by atoms with Gasteiger partial charge in [-0.25, -0.2) is 4.72 Å². The van der Waals surface area contributed by atoms with Gasteiger partial charge in [0.1, 0.15) is 0 Å². The fraction of sp³-hybridized carbons (Fsp3) is 0.647. The number of benzene rings is 1. The second kappa shape index (κ2) is 7.93. The van der Waals surface area contributed by atoms with E-state index in [4.69, 9.17) is 4.74 Å². The van der Waals surface area contributed by atoms with Gasteiger partial charge in [0.25, 0.3) is 10.2 Å². The van der Waals surface area contributed by atoms with Crippen LogP contribution in [0, 0.1) is 6.92 Å². The predicted octanol–water partition coefficient (Wildman–Crippen LogP) is 1.30. The molecule has 2 heterocycles. The molecule has 134 valence electrons. The van der Waals surface area contributed by atoms with Gasteiger partial charge < -0.3 is 4.74 Å². The van der Waals surface area contributed by atoms with E-state index in [1.54, 1.807) is 4.31 Å². The summed E-state index contributed by atoms with van der Waals surface area (Å²) in [7, 11) is -3.38. The Morgan fingerprint density at radius 3 is 2.33 bits per heavy atom. The van der Waals surface area contributed by atoms with Crippen LogP contribution in [0.5, 0.6) is 0 Å². The van der Waals surface area contributed by atoms with E-state index < -0.39 is 10.2 Å². The average molecular weight is 353 g/mol. The maximum absolute atomic E-state index is 12.5. The molecule has 0 spiro atoms. The molecule has 2 aliphatic heterocycles. The van der Waals surface area contributed by atoms with Crippen molar-refractivity contribution in [2.75, 3.05) is 45.9 Å². The number of rotatable bonds is 6. The summed E-state index contributed by atoms with van der Waals surface area (Å²) in [4.78, 5) is 2.31. The third kappa shape index (κ3) is 4.34. The monoisotopic (exact) mass is 353 g/mol. The fourth-order valence-corrected chi connectivity index (χ4v) is 4.63. The Hall–Kier alpha value is -0.990. The molecule has 1 atom stereocenters. The lowest BCUT2D eigenvalue weighted by Crippen LogP contribution is -2.46. The molecule has 3 rings (SSSR count). The van der Waals surface area contributed by atoms with E-state index >= 15 is 0 Å². The molecule has 0 radical (unpaired) electrons. The first kappa shape index (κ1) is 17.8. The van der Waals surface area contributed by atoms with Crippen LogP contribution in [-0.2, 0) is 14.9 Å². The van der Waals surface area contributed by atoms with Gasteiger partial charge in [0.2, 0.25) is 0 Å². The van der Waals surface area contributed by atoms with Gasteiger partial charge in [-0.3, -0.25) is 4.90 Å². The van der Waals surface area contributed by atoms with Crippen LogP contribution in [-0.4, -0.2) is 63.6 Å². The predicted molar refractivity (Wildman–Crippen MR) is 94.0 cm³/mol. The number of hydrogen-bond donors (Lipinski definition) is 1. The summed E-state index contributed by atoms with van der Waals surface area (Å²) >= 11 is 0. The quantitative estimate of drug-likeness (QED) is 0.837. The molecule has 1 N–H and O–H groups in total. The second-order valence-electron chi connectivity index (χ2n) is 6.53. The van der Waals surface area contributed by atoms with Crippen LogP contribution in [0.15, 0.2) is 24.3 Å². The van der Waals surface area contributed by atoms with Gasteiger partial charge in [-0.15, -0.1) is 0 Å². The molecule has 0 aromatic heterocycles. The van der Waals surface area contributed by atoms with Gasteiger partial charge >= 0.3 is 0 Å². The minimum Gasteiger partial charge on any atom is -0.379 e. The summed E-state index contributed by atoms with van der Waals surface area (Å²) in [5.41, 5.74) is 2.35. The minimum absolute atomic E-state index is 0.0341. The molecule has 1 aromatic rings. The van der Waals surface area contributed by atoms with E-state index in [0.29, 0.717) is 32.8 Å². The molecule has 1 unspecified atom stereocenters. The highest BCUT2D eigenvalue weighted by Gasteiger charge is 2.28. The molecule has 2 fully saturated rings. The SMILES string of the molecule is Cc1ccc(C(CNS(=O)(=O)N2CCCC2)N2CCOCC2)cc1. The molecule has 1 aromatic carbocycles. The van der Waals surface area contributed by atoms with Crippen LogP contribution < -0.4 is 4.72 Å². The topological polar surface area (TPSA) is 61.9 Å². The third-order valence-corrected chi connectivity index (χ3v) is 6.39. The molecule has 6 nitrogen and oxygen atoms in total. The number of ether oxygens (including phenoxy) is 1. The van der Waals surface area contributed by atoms with Crippen molar-refractivity contribution in [2.24, 2.45) is 0 Å². The summed E-state index contributed by atoms with van der Waals surface area (Å²) < 4.78 is 34.8. The van der Waals surface area contributed by atoms with Crippen LogP contribution in [0.1, 0.15) is 30.0 Å². The summed E-state index contributed by atoms with van der Waals surface area (Å²) in [6.45, 7) is 6.74. The summed E-state index contributed by atoms with van der Waals surface area (Å²) in [5, 5.41) is 0. The minimum atomic E-state index is -3.38. The highest BCUT2D eigenvalue weighted by atomic mass is 32.2. The second-order valence-corrected chi connectivity index (χ2v) is 8.29. The van der Waals surface area contributed by atoms with E-state index in [1.807, 2.05) is 0 Å². The summed E-state index contributed by atoms with van der Waals surface area (Å²) in [6, 6.07) is 8.39. The number of aryl methyl sites for hydroxylation is 1. The Bertz CT molecular complexity index is 621. The average Bonchev–Trinajstić information content (AvgIpc) is 3.13. The zero-order valence-electron chi connectivity index (χ0n) is 14.3. The number of nitrogens with one attached hydrogen (secondary N) is 1. The van der Waals surface area contributed by atoms with E-state index in [1.165, 1.54) is 5.56 Å². The van der Waals surface area contributed by atoms with Crippen LogP contribution in [0.3, 0.4) is 0 Å². The van der Waals surface area contributed by atoms with Crippen LogP contribution >= 0.6 is 0 Å². The largest absolute Gasteiger partial charge is 0.379 e. The zero-order valence-corrected chi connectivity index (χ0v) is 15.1. The Morgan fingerprint density at radius 2 is 1.71 bits per heavy atom. The van der Waals surface area contributed by atoms with Gasteiger partial charge in [0, 0.05) is 38.8 Å². The normalized spacial score (nSPS) is 21.9. The van der Waals surface area contributed by atoms with Gasteiger partial charge in [-0.05, 0) is 25.3 Å². The summed E-state index contributed by atoms with van der Waals surface area (Å²) in [5.74, 6) is 0. The van der Waals surface area contributed by atoms with Crippen molar-refractivity contribution in [2.45, 2.75) is 25.8 Å². The van der Waals surface area contributed by atoms with Crippen molar-refractivity contribution >= 4 is 10.2 Å². The van der Waals surface area contributed by atoms with Crippen molar-refractivity contribution in [3.05, 3.63) is 35.4 Å². The molecule has 0 saturated carbocycles. The smallest absolute Gasteiger partial charge is 0.279 e. The van der Waals surface area contributed by atoms with Crippen LogP contribution in [0.2, 0.25) is 0 Å². The zero-order chi connectivity index (χ0) is 17.0.